The monoisotopic (exact) mass is 572 g/mol. The van der Waals surface area contributed by atoms with Gasteiger partial charge in [0.2, 0.25) is 0 Å². The summed E-state index contributed by atoms with van der Waals surface area (Å²) >= 11 is 0. The van der Waals surface area contributed by atoms with Gasteiger partial charge in [-0.05, 0) is 54.4 Å². The zero-order valence-electron chi connectivity index (χ0n) is 24.0. The van der Waals surface area contributed by atoms with Gasteiger partial charge in [0, 0.05) is 31.7 Å². The smallest absolute Gasteiger partial charge is 0.295 e. The molecule has 0 aromatic heterocycles. The van der Waals surface area contributed by atoms with E-state index < -0.39 is 17.7 Å². The highest BCUT2D eigenvalue weighted by Crippen LogP contribution is 2.42. The summed E-state index contributed by atoms with van der Waals surface area (Å²) in [6, 6.07) is 21.1. The molecule has 1 atom stereocenters. The van der Waals surface area contributed by atoms with Crippen molar-refractivity contribution in [3.63, 3.8) is 0 Å². The van der Waals surface area contributed by atoms with Gasteiger partial charge in [-0.2, -0.15) is 0 Å². The number of ketones is 1. The lowest BCUT2D eigenvalue weighted by molar-refractivity contribution is -0.140. The van der Waals surface area contributed by atoms with Crippen molar-refractivity contribution >= 4 is 17.4 Å². The Kier molecular flexibility index (Phi) is 9.41. The van der Waals surface area contributed by atoms with Gasteiger partial charge in [0.25, 0.3) is 11.7 Å². The number of carbonyl (C=O) groups excluding carboxylic acids is 2. The fourth-order valence-electron chi connectivity index (χ4n) is 5.27. The van der Waals surface area contributed by atoms with Crippen LogP contribution in [-0.4, -0.2) is 79.7 Å². The first kappa shape index (κ1) is 29.2. The average molecular weight is 573 g/mol. The van der Waals surface area contributed by atoms with E-state index in [4.69, 9.17) is 18.9 Å². The molecule has 3 aromatic rings. The van der Waals surface area contributed by atoms with Crippen LogP contribution in [0.25, 0.3) is 5.76 Å². The molecule has 0 spiro atoms. The highest BCUT2D eigenvalue weighted by atomic mass is 16.5. The van der Waals surface area contributed by atoms with Crippen LogP contribution in [0.4, 0.5) is 0 Å². The Hall–Kier alpha value is -4.34. The molecular formula is C33H36N2O7. The Labute approximate surface area is 245 Å². The van der Waals surface area contributed by atoms with Crippen LogP contribution in [0.1, 0.15) is 29.7 Å². The number of carbonyl (C=O) groups is 2. The van der Waals surface area contributed by atoms with E-state index in [1.165, 1.54) is 4.90 Å². The third-order valence-electron chi connectivity index (χ3n) is 7.48. The van der Waals surface area contributed by atoms with Crippen LogP contribution in [0.2, 0.25) is 0 Å². The summed E-state index contributed by atoms with van der Waals surface area (Å²) in [4.78, 5) is 30.7. The van der Waals surface area contributed by atoms with Crippen molar-refractivity contribution in [2.75, 3.05) is 53.1 Å². The van der Waals surface area contributed by atoms with Crippen LogP contribution in [0, 0.1) is 0 Å². The van der Waals surface area contributed by atoms with Gasteiger partial charge in [0.05, 0.1) is 38.5 Å². The minimum Gasteiger partial charge on any atom is -0.507 e. The molecule has 2 aliphatic heterocycles. The summed E-state index contributed by atoms with van der Waals surface area (Å²) in [5.74, 6) is 0.0250. The Bertz CT molecular complexity index is 1420. The van der Waals surface area contributed by atoms with E-state index in [-0.39, 0.29) is 11.3 Å². The molecule has 5 rings (SSSR count). The second-order valence-electron chi connectivity index (χ2n) is 10.1. The fraction of sp³-hybridized carbons (Fsp3) is 0.333. The Morgan fingerprint density at radius 2 is 1.67 bits per heavy atom. The summed E-state index contributed by atoms with van der Waals surface area (Å²) in [7, 11) is 1.55. The molecule has 0 bridgehead atoms. The fourth-order valence-corrected chi connectivity index (χ4v) is 5.27. The number of morpholine rings is 1. The molecule has 220 valence electrons. The number of aliphatic hydroxyl groups excluding tert-OH is 1. The average Bonchev–Trinajstić information content (AvgIpc) is 3.29. The van der Waals surface area contributed by atoms with E-state index in [1.54, 1.807) is 43.5 Å². The number of hydrogen-bond acceptors (Lipinski definition) is 8. The van der Waals surface area contributed by atoms with E-state index in [9.17, 15) is 14.7 Å². The first-order chi connectivity index (χ1) is 20.5. The molecule has 3 aromatic carbocycles. The van der Waals surface area contributed by atoms with Crippen molar-refractivity contribution in [1.29, 1.82) is 0 Å². The first-order valence-electron chi connectivity index (χ1n) is 14.2. The van der Waals surface area contributed by atoms with Gasteiger partial charge in [-0.25, -0.2) is 0 Å². The van der Waals surface area contributed by atoms with Crippen LogP contribution in [0.15, 0.2) is 78.4 Å². The van der Waals surface area contributed by atoms with Gasteiger partial charge in [0.1, 0.15) is 18.1 Å². The van der Waals surface area contributed by atoms with Crippen molar-refractivity contribution in [1.82, 2.24) is 9.80 Å². The molecule has 2 fully saturated rings. The third kappa shape index (κ3) is 6.42. The van der Waals surface area contributed by atoms with Crippen LogP contribution in [0.3, 0.4) is 0 Å². The predicted octanol–water partition coefficient (Wildman–Crippen LogP) is 4.43. The highest BCUT2D eigenvalue weighted by Gasteiger charge is 2.46. The van der Waals surface area contributed by atoms with Gasteiger partial charge >= 0.3 is 0 Å². The predicted molar refractivity (Wildman–Crippen MR) is 158 cm³/mol. The number of rotatable bonds is 11. The summed E-state index contributed by atoms with van der Waals surface area (Å²) in [5.41, 5.74) is 2.10. The minimum absolute atomic E-state index is 0.0335. The molecule has 1 N–H and O–H groups in total. The number of hydrogen-bond donors (Lipinski definition) is 1. The van der Waals surface area contributed by atoms with Crippen LogP contribution in [-0.2, 0) is 20.9 Å². The number of nitrogens with zero attached hydrogens (tertiary/aromatic N) is 2. The number of Topliss-reactive ketones (excluding diaryl/α,β-unsaturated/α-hetero) is 1. The molecular weight excluding hydrogens is 536 g/mol. The maximum atomic E-state index is 13.5. The Balaban J connectivity index is 1.50. The van der Waals surface area contributed by atoms with E-state index in [1.807, 2.05) is 43.3 Å². The molecule has 0 radical (unpaired) electrons. The summed E-state index contributed by atoms with van der Waals surface area (Å²) in [6.45, 7) is 6.39. The summed E-state index contributed by atoms with van der Waals surface area (Å²) in [6.07, 6.45) is 0. The molecule has 1 amide bonds. The topological polar surface area (TPSA) is 97.8 Å². The standard InChI is InChI=1S/C33H36N2O7/c1-3-41-26-12-9-24(10-13-26)31(36)29-30(35(33(38)32(29)37)16-15-34-17-19-40-20-18-34)25-11-14-27(28(21-25)39-2)42-22-23-7-5-4-6-8-23/h4-14,21,30,36H,3,15-20,22H2,1-2H3. The number of ether oxygens (including phenoxy) is 4. The van der Waals surface area contributed by atoms with Crippen molar-refractivity contribution in [2.45, 2.75) is 19.6 Å². The molecule has 9 heteroatoms. The zero-order chi connectivity index (χ0) is 29.5. The molecule has 42 heavy (non-hydrogen) atoms. The van der Waals surface area contributed by atoms with Gasteiger partial charge in [-0.15, -0.1) is 0 Å². The first-order valence-corrected chi connectivity index (χ1v) is 14.2. The lowest BCUT2D eigenvalue weighted by Gasteiger charge is -2.31. The minimum atomic E-state index is -0.810. The highest BCUT2D eigenvalue weighted by molar-refractivity contribution is 6.46. The maximum Gasteiger partial charge on any atom is 0.295 e. The van der Waals surface area contributed by atoms with E-state index >= 15 is 0 Å². The van der Waals surface area contributed by atoms with Crippen molar-refractivity contribution in [3.05, 3.63) is 95.1 Å². The third-order valence-corrected chi connectivity index (χ3v) is 7.48. The van der Waals surface area contributed by atoms with Crippen LogP contribution >= 0.6 is 0 Å². The summed E-state index contributed by atoms with van der Waals surface area (Å²) < 4.78 is 22.7. The van der Waals surface area contributed by atoms with Gasteiger partial charge in [0.15, 0.2) is 11.5 Å². The Morgan fingerprint density at radius 3 is 2.36 bits per heavy atom. The SMILES string of the molecule is CCOc1ccc(C(O)=C2C(=O)C(=O)N(CCN3CCOCC3)C2c2ccc(OCc3ccccc3)c(OC)c2)cc1. The normalized spacial score (nSPS) is 18.7. The number of methoxy groups -OCH3 is 1. The molecule has 9 nitrogen and oxygen atoms in total. The quantitative estimate of drug-likeness (QED) is 0.205. The van der Waals surface area contributed by atoms with E-state index in [0.29, 0.717) is 67.9 Å². The second kappa shape index (κ2) is 13.5. The second-order valence-corrected chi connectivity index (χ2v) is 10.1. The van der Waals surface area contributed by atoms with E-state index in [2.05, 4.69) is 4.90 Å². The molecule has 2 aliphatic rings. The van der Waals surface area contributed by atoms with Gasteiger partial charge < -0.3 is 29.0 Å². The van der Waals surface area contributed by atoms with Crippen molar-refractivity contribution in [2.24, 2.45) is 0 Å². The lowest BCUT2D eigenvalue weighted by atomic mass is 9.95. The summed E-state index contributed by atoms with van der Waals surface area (Å²) in [5, 5.41) is 11.4. The maximum absolute atomic E-state index is 13.5. The Morgan fingerprint density at radius 1 is 0.929 bits per heavy atom. The van der Waals surface area contributed by atoms with Gasteiger partial charge in [-0.3, -0.25) is 14.5 Å². The molecule has 0 saturated carbocycles. The molecule has 1 unspecified atom stereocenters. The van der Waals surface area contributed by atoms with Gasteiger partial charge in [-0.1, -0.05) is 36.4 Å². The number of likely N-dealkylation sites (tertiary alicyclic amines) is 1. The number of amides is 1. The lowest BCUT2D eigenvalue weighted by Crippen LogP contribution is -2.42. The molecule has 0 aliphatic carbocycles. The molecule has 2 saturated heterocycles. The largest absolute Gasteiger partial charge is 0.507 e. The van der Waals surface area contributed by atoms with Crippen molar-refractivity contribution < 1.29 is 33.6 Å². The number of aliphatic hydroxyl groups is 1. The van der Waals surface area contributed by atoms with E-state index in [0.717, 1.165) is 18.7 Å². The molecule has 2 heterocycles. The van der Waals surface area contributed by atoms with Crippen molar-refractivity contribution in [3.8, 4) is 17.2 Å². The van der Waals surface area contributed by atoms with Crippen LogP contribution in [0.5, 0.6) is 17.2 Å². The van der Waals surface area contributed by atoms with Crippen LogP contribution < -0.4 is 14.2 Å². The number of benzene rings is 3. The zero-order valence-corrected chi connectivity index (χ0v) is 24.0.